The average Bonchev–Trinajstić information content (AvgIpc) is 3.20. The summed E-state index contributed by atoms with van der Waals surface area (Å²) < 4.78 is 15.1. The number of nitrogens with zero attached hydrogens (tertiary/aromatic N) is 2. The largest absolute Gasteiger partial charge is 0.311 e. The monoisotopic (exact) mass is 444 g/mol. The van der Waals surface area contributed by atoms with Crippen LogP contribution in [0.15, 0.2) is 28.7 Å². The maximum atomic E-state index is 14.2. The number of amides is 1. The van der Waals surface area contributed by atoms with Crippen molar-refractivity contribution in [3.8, 4) is 6.07 Å². The minimum absolute atomic E-state index is 0.0899. The van der Waals surface area contributed by atoms with Gasteiger partial charge in [0.25, 0.3) is 0 Å². The fraction of sp³-hybridized carbons (Fsp3) is 0.652. The van der Waals surface area contributed by atoms with Gasteiger partial charge >= 0.3 is 0 Å². The molecule has 1 aromatic rings. The van der Waals surface area contributed by atoms with Gasteiger partial charge in [-0.3, -0.25) is 4.79 Å². The first-order valence-electron chi connectivity index (χ1n) is 10.5. The molecule has 0 radical (unpaired) electrons. The van der Waals surface area contributed by atoms with Crippen LogP contribution in [0, 0.1) is 33.5 Å². The summed E-state index contributed by atoms with van der Waals surface area (Å²) in [5, 5.41) is 9.58. The maximum absolute atomic E-state index is 14.2. The van der Waals surface area contributed by atoms with E-state index in [0.29, 0.717) is 25.8 Å². The number of carbonyl (C=O) groups excluding carboxylic acids is 1. The smallest absolute Gasteiger partial charge is 0.233 e. The molecule has 6 fully saturated rings. The molecule has 1 atom stereocenters. The first kappa shape index (κ1) is 18.6. The molecule has 4 bridgehead atoms. The minimum atomic E-state index is -0.813. The predicted molar refractivity (Wildman–Crippen MR) is 109 cm³/mol. The van der Waals surface area contributed by atoms with Gasteiger partial charge in [0.1, 0.15) is 6.17 Å². The van der Waals surface area contributed by atoms with E-state index < -0.39 is 11.6 Å². The summed E-state index contributed by atoms with van der Waals surface area (Å²) in [6, 6.07) is 10.5. The van der Waals surface area contributed by atoms with Gasteiger partial charge in [0.05, 0.1) is 16.9 Å². The lowest BCUT2D eigenvalue weighted by Gasteiger charge is -2.53. The number of fused-ring (bicyclic) bond motifs is 4. The molecule has 28 heavy (non-hydrogen) atoms. The Morgan fingerprint density at radius 3 is 2.39 bits per heavy atom. The van der Waals surface area contributed by atoms with E-state index in [9.17, 15) is 14.4 Å². The summed E-state index contributed by atoms with van der Waals surface area (Å²) >= 11 is 3.54. The number of alkyl halides is 1. The summed E-state index contributed by atoms with van der Waals surface area (Å²) in [5.74, 6) is 0.214. The van der Waals surface area contributed by atoms with Crippen LogP contribution in [-0.2, 0) is 4.79 Å². The number of anilines is 1. The Hall–Kier alpha value is -1.41. The third-order valence-corrected chi connectivity index (χ3v) is 8.85. The van der Waals surface area contributed by atoms with Crippen LogP contribution in [0.25, 0.3) is 0 Å². The average molecular weight is 445 g/mol. The van der Waals surface area contributed by atoms with Crippen molar-refractivity contribution < 1.29 is 9.18 Å². The third-order valence-electron chi connectivity index (χ3n) is 8.35. The predicted octanol–water partition coefficient (Wildman–Crippen LogP) is 5.78. The summed E-state index contributed by atoms with van der Waals surface area (Å²) in [4.78, 5) is 15.7. The number of hydrogen-bond donors (Lipinski definition) is 0. The van der Waals surface area contributed by atoms with Crippen LogP contribution in [0.2, 0.25) is 0 Å². The second kappa shape index (κ2) is 6.29. The number of halogens is 2. The summed E-state index contributed by atoms with van der Waals surface area (Å²) in [6.07, 6.45) is 6.89. The molecule has 0 aromatic heterocycles. The maximum Gasteiger partial charge on any atom is 0.233 e. The van der Waals surface area contributed by atoms with Crippen molar-refractivity contribution in [3.05, 3.63) is 28.7 Å². The van der Waals surface area contributed by atoms with E-state index in [1.807, 2.05) is 29.2 Å². The molecule has 0 aliphatic heterocycles. The van der Waals surface area contributed by atoms with Crippen LogP contribution in [0.3, 0.4) is 0 Å². The molecular formula is C23H26BrFN2O. The number of carbonyl (C=O) groups is 1. The topological polar surface area (TPSA) is 44.1 Å². The normalized spacial score (nSPS) is 40.6. The van der Waals surface area contributed by atoms with Crippen molar-refractivity contribution in [2.45, 2.75) is 64.0 Å². The number of benzene rings is 1. The Bertz CT molecular complexity index is 832. The first-order valence-corrected chi connectivity index (χ1v) is 11.3. The van der Waals surface area contributed by atoms with Crippen LogP contribution in [0.1, 0.15) is 57.8 Å². The van der Waals surface area contributed by atoms with Crippen molar-refractivity contribution in [2.75, 3.05) is 11.4 Å². The van der Waals surface area contributed by atoms with E-state index in [-0.39, 0.29) is 22.7 Å². The minimum Gasteiger partial charge on any atom is -0.311 e. The van der Waals surface area contributed by atoms with Gasteiger partial charge in [-0.1, -0.05) is 22.0 Å². The van der Waals surface area contributed by atoms with Crippen molar-refractivity contribution in [3.63, 3.8) is 0 Å². The van der Waals surface area contributed by atoms with Crippen LogP contribution < -0.4 is 4.90 Å². The van der Waals surface area contributed by atoms with E-state index in [2.05, 4.69) is 22.0 Å². The Morgan fingerprint density at radius 1 is 1.18 bits per heavy atom. The standard InChI is InChI=1S/C23H26BrFN2O/c24-17-2-1-3-18(10-17)27(20(28)23-11-16(12-23)19(25)13-23)15-22-7-4-21(14-26,5-8-22)6-9-22/h1-3,10,16,19H,4-9,11-13,15H2. The molecule has 3 nitrogen and oxygen atoms in total. The van der Waals surface area contributed by atoms with E-state index in [0.717, 1.165) is 48.7 Å². The molecule has 0 saturated heterocycles. The van der Waals surface area contributed by atoms with Gasteiger partial charge in [-0.25, -0.2) is 4.39 Å². The van der Waals surface area contributed by atoms with Gasteiger partial charge < -0.3 is 4.90 Å². The van der Waals surface area contributed by atoms with Crippen LogP contribution in [0.5, 0.6) is 0 Å². The summed E-state index contributed by atoms with van der Waals surface area (Å²) in [6.45, 7) is 0.702. The van der Waals surface area contributed by atoms with Gasteiger partial charge in [-0.2, -0.15) is 5.26 Å². The molecule has 0 N–H and O–H groups in total. The molecule has 1 aromatic carbocycles. The van der Waals surface area contributed by atoms with E-state index in [1.54, 1.807) is 0 Å². The van der Waals surface area contributed by atoms with Gasteiger partial charge in [-0.05, 0) is 87.3 Å². The fourth-order valence-corrected chi connectivity index (χ4v) is 6.77. The number of hydrogen-bond acceptors (Lipinski definition) is 2. The SMILES string of the molecule is N#CC12CCC(CN(C(=O)C34CC(F)C(C3)C4)c3cccc(Br)c3)(CC1)CC2. The van der Waals surface area contributed by atoms with Gasteiger partial charge in [0.15, 0.2) is 0 Å². The van der Waals surface area contributed by atoms with Crippen molar-refractivity contribution >= 4 is 27.5 Å². The number of rotatable bonds is 4. The van der Waals surface area contributed by atoms with Crippen molar-refractivity contribution in [2.24, 2.45) is 22.2 Å². The quantitative estimate of drug-likeness (QED) is 0.589. The summed E-state index contributed by atoms with van der Waals surface area (Å²) in [7, 11) is 0. The molecule has 1 unspecified atom stereocenters. The highest BCUT2D eigenvalue weighted by Gasteiger charge is 2.62. The second-order valence-corrected chi connectivity index (χ2v) is 10.8. The molecule has 1 amide bonds. The van der Waals surface area contributed by atoms with Crippen LogP contribution >= 0.6 is 15.9 Å². The lowest BCUT2D eigenvalue weighted by atomic mass is 9.54. The molecule has 6 aliphatic carbocycles. The van der Waals surface area contributed by atoms with Crippen LogP contribution in [-0.4, -0.2) is 18.6 Å². The molecule has 7 rings (SSSR count). The van der Waals surface area contributed by atoms with Crippen molar-refractivity contribution in [1.82, 2.24) is 0 Å². The molecule has 6 aliphatic rings. The molecule has 0 spiro atoms. The zero-order chi connectivity index (χ0) is 19.6. The van der Waals surface area contributed by atoms with E-state index in [1.165, 1.54) is 0 Å². The Morgan fingerprint density at radius 2 is 1.86 bits per heavy atom. The zero-order valence-corrected chi connectivity index (χ0v) is 17.7. The lowest BCUT2D eigenvalue weighted by molar-refractivity contribution is -0.132. The Labute approximate surface area is 174 Å². The molecule has 0 heterocycles. The molecule has 6 saturated carbocycles. The van der Waals surface area contributed by atoms with Crippen molar-refractivity contribution in [1.29, 1.82) is 5.26 Å². The van der Waals surface area contributed by atoms with Crippen LogP contribution in [0.4, 0.5) is 10.1 Å². The zero-order valence-electron chi connectivity index (χ0n) is 16.1. The highest BCUT2D eigenvalue weighted by atomic mass is 79.9. The molecule has 5 heteroatoms. The second-order valence-electron chi connectivity index (χ2n) is 9.93. The summed E-state index contributed by atoms with van der Waals surface area (Å²) in [5.41, 5.74) is 0.406. The molecule has 148 valence electrons. The highest BCUT2D eigenvalue weighted by Crippen LogP contribution is 2.62. The lowest BCUT2D eigenvalue weighted by Crippen LogP contribution is -2.53. The fourth-order valence-electron chi connectivity index (χ4n) is 6.38. The first-order chi connectivity index (χ1) is 13.4. The molecular weight excluding hydrogens is 419 g/mol. The van der Waals surface area contributed by atoms with E-state index >= 15 is 0 Å². The Balaban J connectivity index is 1.44. The van der Waals surface area contributed by atoms with E-state index in [4.69, 9.17) is 0 Å². The Kier molecular flexibility index (Phi) is 4.18. The van der Waals surface area contributed by atoms with Gasteiger partial charge in [-0.15, -0.1) is 0 Å². The third kappa shape index (κ3) is 2.75. The highest BCUT2D eigenvalue weighted by molar-refractivity contribution is 9.10. The number of nitriles is 1. The van der Waals surface area contributed by atoms with Gasteiger partial charge in [0.2, 0.25) is 5.91 Å². The van der Waals surface area contributed by atoms with Gasteiger partial charge in [0, 0.05) is 16.7 Å².